The van der Waals surface area contributed by atoms with Crippen LogP contribution in [0.4, 0.5) is 0 Å². The summed E-state index contributed by atoms with van der Waals surface area (Å²) in [6, 6.07) is 1.04. The van der Waals surface area contributed by atoms with Gasteiger partial charge < -0.3 is 9.52 Å². The van der Waals surface area contributed by atoms with E-state index in [2.05, 4.69) is 4.72 Å². The van der Waals surface area contributed by atoms with E-state index in [9.17, 15) is 13.2 Å². The van der Waals surface area contributed by atoms with Crippen LogP contribution < -0.4 is 4.72 Å². The topological polar surface area (TPSA) is 96.6 Å². The lowest BCUT2D eigenvalue weighted by molar-refractivity contribution is 0.0661. The van der Waals surface area contributed by atoms with Crippen LogP contribution in [-0.4, -0.2) is 26.0 Å². The number of nitrogens with one attached hydrogen (secondary N) is 1. The molecule has 0 aliphatic heterocycles. The third kappa shape index (κ3) is 4.31. The van der Waals surface area contributed by atoms with Crippen LogP contribution >= 0.6 is 0 Å². The number of carboxylic acid groups (broad SMARTS) is 1. The van der Waals surface area contributed by atoms with E-state index in [4.69, 9.17) is 9.52 Å². The Labute approximate surface area is 125 Å². The molecule has 1 aromatic rings. The number of carbonyl (C=O) groups is 1. The van der Waals surface area contributed by atoms with Gasteiger partial charge in [-0.15, -0.1) is 0 Å². The van der Waals surface area contributed by atoms with Crippen molar-refractivity contribution < 1.29 is 22.7 Å². The molecule has 2 N–H and O–H groups in total. The minimum Gasteiger partial charge on any atom is -0.475 e. The maximum Gasteiger partial charge on any atom is 0.371 e. The Morgan fingerprint density at radius 1 is 1.29 bits per heavy atom. The van der Waals surface area contributed by atoms with E-state index in [1.165, 1.54) is 6.92 Å². The van der Waals surface area contributed by atoms with E-state index >= 15 is 0 Å². The van der Waals surface area contributed by atoms with Crippen molar-refractivity contribution >= 4 is 16.0 Å². The third-order valence-corrected chi connectivity index (χ3v) is 5.13. The highest BCUT2D eigenvalue weighted by atomic mass is 32.2. The lowest BCUT2D eigenvalue weighted by atomic mass is 9.86. The van der Waals surface area contributed by atoms with E-state index in [0.717, 1.165) is 6.07 Å². The van der Waals surface area contributed by atoms with Crippen LogP contribution in [0.1, 0.15) is 44.0 Å². The predicted octanol–water partition coefficient (Wildman–Crippen LogP) is 2.49. The van der Waals surface area contributed by atoms with Gasteiger partial charge in [0, 0.05) is 12.6 Å². The zero-order valence-electron chi connectivity index (χ0n) is 13.0. The van der Waals surface area contributed by atoms with E-state index in [0.29, 0.717) is 18.4 Å². The summed E-state index contributed by atoms with van der Waals surface area (Å²) in [6.07, 6.45) is 0. The molecule has 0 spiro atoms. The Hall–Kier alpha value is -1.34. The number of furan rings is 1. The first-order chi connectivity index (χ1) is 9.56. The molecule has 0 saturated heterocycles. The molecule has 1 rings (SSSR count). The van der Waals surface area contributed by atoms with Crippen molar-refractivity contribution in [3.8, 4) is 0 Å². The molecular weight excluding hydrogens is 294 g/mol. The standard InChI is InChI=1S/C14H23NO5S/c1-8(2)11(9(3)4)7-15-21(18,19)13-6-12(14(16)17)20-10(13)5/h6,8-9,11,15H,7H2,1-5H3,(H,16,17). The molecular formula is C14H23NO5S. The highest BCUT2D eigenvalue weighted by Crippen LogP contribution is 2.23. The van der Waals surface area contributed by atoms with Crippen molar-refractivity contribution in [3.05, 3.63) is 17.6 Å². The number of sulfonamides is 1. The maximum absolute atomic E-state index is 12.3. The van der Waals surface area contributed by atoms with Crippen LogP contribution in [0.25, 0.3) is 0 Å². The van der Waals surface area contributed by atoms with Crippen LogP contribution in [0, 0.1) is 24.7 Å². The van der Waals surface area contributed by atoms with Gasteiger partial charge >= 0.3 is 5.97 Å². The quantitative estimate of drug-likeness (QED) is 0.805. The Bertz CT molecular complexity index is 593. The zero-order valence-corrected chi connectivity index (χ0v) is 13.8. The Balaban J connectivity index is 2.94. The molecule has 1 heterocycles. The van der Waals surface area contributed by atoms with Crippen molar-refractivity contribution in [2.75, 3.05) is 6.54 Å². The van der Waals surface area contributed by atoms with Gasteiger partial charge in [0.05, 0.1) is 0 Å². The molecule has 0 fully saturated rings. The molecule has 1 aromatic heterocycles. The molecule has 7 heteroatoms. The second-order valence-electron chi connectivity index (χ2n) is 5.84. The summed E-state index contributed by atoms with van der Waals surface area (Å²) in [5.41, 5.74) is 0. The minimum atomic E-state index is -3.77. The molecule has 0 radical (unpaired) electrons. The number of hydrogen-bond donors (Lipinski definition) is 2. The number of aromatic carboxylic acids is 1. The van der Waals surface area contributed by atoms with Crippen molar-refractivity contribution in [1.82, 2.24) is 4.72 Å². The summed E-state index contributed by atoms with van der Waals surface area (Å²) in [7, 11) is -3.77. The predicted molar refractivity (Wildman–Crippen MR) is 78.8 cm³/mol. The number of aryl methyl sites for hydroxylation is 1. The summed E-state index contributed by atoms with van der Waals surface area (Å²) in [5, 5.41) is 8.84. The van der Waals surface area contributed by atoms with Crippen molar-refractivity contribution in [2.24, 2.45) is 17.8 Å². The monoisotopic (exact) mass is 317 g/mol. The fraction of sp³-hybridized carbons (Fsp3) is 0.643. The molecule has 6 nitrogen and oxygen atoms in total. The van der Waals surface area contributed by atoms with E-state index < -0.39 is 16.0 Å². The molecule has 21 heavy (non-hydrogen) atoms. The number of carboxylic acids is 1. The zero-order chi connectivity index (χ0) is 16.4. The Kier molecular flexibility index (Phi) is 5.58. The van der Waals surface area contributed by atoms with Crippen LogP contribution in [0.3, 0.4) is 0 Å². The van der Waals surface area contributed by atoms with Gasteiger partial charge in [0.2, 0.25) is 15.8 Å². The molecule has 0 unspecified atom stereocenters. The molecule has 0 atom stereocenters. The van der Waals surface area contributed by atoms with Crippen LogP contribution in [0.15, 0.2) is 15.4 Å². The van der Waals surface area contributed by atoms with Crippen LogP contribution in [0.2, 0.25) is 0 Å². The fourth-order valence-corrected chi connectivity index (χ4v) is 3.61. The number of rotatable bonds is 7. The first kappa shape index (κ1) is 17.7. The highest BCUT2D eigenvalue weighted by Gasteiger charge is 2.26. The van der Waals surface area contributed by atoms with Gasteiger partial charge in [-0.1, -0.05) is 27.7 Å². The summed E-state index contributed by atoms with van der Waals surface area (Å²) >= 11 is 0. The van der Waals surface area contributed by atoms with Crippen LogP contribution in [0.5, 0.6) is 0 Å². The summed E-state index contributed by atoms with van der Waals surface area (Å²) in [6.45, 7) is 9.93. The first-order valence-corrected chi connectivity index (χ1v) is 8.38. The minimum absolute atomic E-state index is 0.0746. The summed E-state index contributed by atoms with van der Waals surface area (Å²) in [4.78, 5) is 10.7. The maximum atomic E-state index is 12.3. The molecule has 0 amide bonds. The molecule has 0 aliphatic rings. The number of hydrogen-bond acceptors (Lipinski definition) is 4. The lowest BCUT2D eigenvalue weighted by Crippen LogP contribution is -2.34. The Morgan fingerprint density at radius 3 is 2.19 bits per heavy atom. The van der Waals surface area contributed by atoms with E-state index in [1.54, 1.807) is 0 Å². The van der Waals surface area contributed by atoms with E-state index in [1.807, 2.05) is 27.7 Å². The highest BCUT2D eigenvalue weighted by molar-refractivity contribution is 7.89. The molecule has 120 valence electrons. The molecule has 0 bridgehead atoms. The average molecular weight is 317 g/mol. The second kappa shape index (κ2) is 6.62. The van der Waals surface area contributed by atoms with Gasteiger partial charge in [-0.3, -0.25) is 0 Å². The van der Waals surface area contributed by atoms with Crippen molar-refractivity contribution in [2.45, 2.75) is 39.5 Å². The smallest absolute Gasteiger partial charge is 0.371 e. The fourth-order valence-electron chi connectivity index (χ4n) is 2.36. The largest absolute Gasteiger partial charge is 0.475 e. The van der Waals surface area contributed by atoms with Gasteiger partial charge in [0.25, 0.3) is 0 Å². The van der Waals surface area contributed by atoms with Crippen LogP contribution in [-0.2, 0) is 10.0 Å². The second-order valence-corrected chi connectivity index (χ2v) is 7.58. The molecule has 0 aromatic carbocycles. The normalized spacial score (nSPS) is 12.6. The van der Waals surface area contributed by atoms with Gasteiger partial charge in [-0.2, -0.15) is 0 Å². The lowest BCUT2D eigenvalue weighted by Gasteiger charge is -2.24. The van der Waals surface area contributed by atoms with Gasteiger partial charge in [-0.05, 0) is 24.7 Å². The van der Waals surface area contributed by atoms with E-state index in [-0.39, 0.29) is 22.3 Å². The van der Waals surface area contributed by atoms with Crippen molar-refractivity contribution in [3.63, 3.8) is 0 Å². The van der Waals surface area contributed by atoms with Gasteiger partial charge in [-0.25, -0.2) is 17.9 Å². The average Bonchev–Trinajstić information content (AvgIpc) is 2.71. The first-order valence-electron chi connectivity index (χ1n) is 6.89. The van der Waals surface area contributed by atoms with Gasteiger partial charge in [0.1, 0.15) is 10.7 Å². The Morgan fingerprint density at radius 2 is 1.81 bits per heavy atom. The summed E-state index contributed by atoms with van der Waals surface area (Å²) < 4.78 is 32.0. The molecule has 0 aliphatic carbocycles. The molecule has 0 saturated carbocycles. The summed E-state index contributed by atoms with van der Waals surface area (Å²) in [5.74, 6) is -0.712. The SMILES string of the molecule is Cc1oc(C(=O)O)cc1S(=O)(=O)NCC(C(C)C)C(C)C. The third-order valence-electron chi connectivity index (χ3n) is 3.59. The van der Waals surface area contributed by atoms with Gasteiger partial charge in [0.15, 0.2) is 0 Å². The van der Waals surface area contributed by atoms with Crippen molar-refractivity contribution in [1.29, 1.82) is 0 Å².